The Labute approximate surface area is 115 Å². The van der Waals surface area contributed by atoms with Crippen LogP contribution in [0.5, 0.6) is 0 Å². The van der Waals surface area contributed by atoms with Gasteiger partial charge in [-0.05, 0) is 25.3 Å². The molecule has 0 aliphatic heterocycles. The van der Waals surface area contributed by atoms with Crippen LogP contribution in [0.2, 0.25) is 0 Å². The Hall–Kier alpha value is -0.620. The van der Waals surface area contributed by atoms with Gasteiger partial charge in [0.25, 0.3) is 0 Å². The van der Waals surface area contributed by atoms with Gasteiger partial charge in [0, 0.05) is 17.1 Å². The van der Waals surface area contributed by atoms with Crippen LogP contribution >= 0.6 is 11.3 Å². The van der Waals surface area contributed by atoms with Crippen molar-refractivity contribution in [2.45, 2.75) is 51.2 Å². The predicted octanol–water partition coefficient (Wildman–Crippen LogP) is 4.39. The molecule has 0 spiro atoms. The van der Waals surface area contributed by atoms with Gasteiger partial charge in [0.1, 0.15) is 0 Å². The number of thiazole rings is 1. The number of nitrogens with zero attached hydrogens (tertiary/aromatic N) is 1. The molecule has 1 atom stereocenters. The van der Waals surface area contributed by atoms with Gasteiger partial charge in [0.2, 0.25) is 0 Å². The van der Waals surface area contributed by atoms with Gasteiger partial charge in [-0.15, -0.1) is 11.3 Å². The highest BCUT2D eigenvalue weighted by atomic mass is 32.1. The Morgan fingerprint density at radius 3 is 2.42 bits per heavy atom. The van der Waals surface area contributed by atoms with Crippen LogP contribution in [0, 0.1) is 5.41 Å². The van der Waals surface area contributed by atoms with E-state index < -0.39 is 11.2 Å². The average Bonchev–Trinajstić information content (AvgIpc) is 2.79. The molecule has 1 saturated carbocycles. The molecule has 1 aliphatic carbocycles. The Bertz CT molecular complexity index is 422. The molecule has 0 radical (unpaired) electrons. The molecular weight excluding hydrogens is 273 g/mol. The maximum Gasteiger partial charge on any atom is 0.443 e. The van der Waals surface area contributed by atoms with Crippen LogP contribution in [0.15, 0.2) is 6.20 Å². The third-order valence-electron chi connectivity index (χ3n) is 4.03. The summed E-state index contributed by atoms with van der Waals surface area (Å²) in [6.45, 7) is 2.17. The topological polar surface area (TPSA) is 24.9 Å². The van der Waals surface area contributed by atoms with Crippen LogP contribution in [-0.4, -0.2) is 12.0 Å². The van der Waals surface area contributed by atoms with E-state index in [0.717, 1.165) is 37.0 Å². The summed E-state index contributed by atoms with van der Waals surface area (Å²) in [6.07, 6.45) is 2.68. The lowest BCUT2D eigenvalue weighted by molar-refractivity contribution is -0.137. The van der Waals surface area contributed by atoms with Gasteiger partial charge in [-0.25, -0.2) is 4.98 Å². The van der Waals surface area contributed by atoms with E-state index in [0.29, 0.717) is 4.88 Å². The van der Waals surface area contributed by atoms with E-state index in [1.165, 1.54) is 12.6 Å². The number of nitrogens with one attached hydrogen (secondary N) is 1. The van der Waals surface area contributed by atoms with Crippen molar-refractivity contribution < 1.29 is 13.2 Å². The summed E-state index contributed by atoms with van der Waals surface area (Å²) in [5.41, 5.74) is 0.0302. The highest BCUT2D eigenvalue weighted by Crippen LogP contribution is 2.47. The summed E-state index contributed by atoms with van der Waals surface area (Å²) in [5.74, 6) is 0. The fourth-order valence-electron chi connectivity index (χ4n) is 3.03. The largest absolute Gasteiger partial charge is 0.443 e. The van der Waals surface area contributed by atoms with E-state index in [4.69, 9.17) is 0 Å². The first kappa shape index (κ1) is 14.8. The number of hydrogen-bond acceptors (Lipinski definition) is 3. The zero-order chi connectivity index (χ0) is 14.1. The Morgan fingerprint density at radius 1 is 1.32 bits per heavy atom. The molecule has 1 unspecified atom stereocenters. The lowest BCUT2D eigenvalue weighted by Crippen LogP contribution is -2.35. The lowest BCUT2D eigenvalue weighted by atomic mass is 9.70. The monoisotopic (exact) mass is 292 g/mol. The maximum absolute atomic E-state index is 12.6. The Morgan fingerprint density at radius 2 is 1.95 bits per heavy atom. The summed E-state index contributed by atoms with van der Waals surface area (Å²) < 4.78 is 37.9. The number of rotatable bonds is 3. The first-order valence-corrected chi connectivity index (χ1v) is 7.39. The average molecular weight is 292 g/mol. The van der Waals surface area contributed by atoms with Gasteiger partial charge in [-0.1, -0.05) is 26.2 Å². The summed E-state index contributed by atoms with van der Waals surface area (Å²) in [5, 5.41) is 2.45. The van der Waals surface area contributed by atoms with Crippen molar-refractivity contribution in [2.75, 3.05) is 7.05 Å². The van der Waals surface area contributed by atoms with E-state index in [-0.39, 0.29) is 11.5 Å². The molecule has 1 aromatic rings. The van der Waals surface area contributed by atoms with Crippen LogP contribution in [-0.2, 0) is 6.18 Å². The quantitative estimate of drug-likeness (QED) is 0.893. The Balaban J connectivity index is 2.24. The van der Waals surface area contributed by atoms with Gasteiger partial charge in [0.05, 0.1) is 0 Å². The van der Waals surface area contributed by atoms with Crippen LogP contribution in [0.4, 0.5) is 13.2 Å². The number of hydrogen-bond donors (Lipinski definition) is 1. The Kier molecular flexibility index (Phi) is 4.20. The molecule has 1 aromatic heterocycles. The van der Waals surface area contributed by atoms with Crippen molar-refractivity contribution in [2.24, 2.45) is 5.41 Å². The normalized spacial score (nSPS) is 21.3. The van der Waals surface area contributed by atoms with E-state index in [2.05, 4.69) is 17.2 Å². The first-order chi connectivity index (χ1) is 8.87. The summed E-state index contributed by atoms with van der Waals surface area (Å²) in [6, 6.07) is -0.0404. The molecule has 1 aliphatic rings. The summed E-state index contributed by atoms with van der Waals surface area (Å²) in [7, 11) is 1.82. The van der Waals surface area contributed by atoms with Gasteiger partial charge in [0.15, 0.2) is 5.01 Å². The van der Waals surface area contributed by atoms with Crippen molar-refractivity contribution >= 4 is 11.3 Å². The van der Waals surface area contributed by atoms with E-state index >= 15 is 0 Å². The van der Waals surface area contributed by atoms with E-state index in [1.807, 2.05) is 7.05 Å². The second kappa shape index (κ2) is 5.40. The highest BCUT2D eigenvalue weighted by molar-refractivity contribution is 7.11. The van der Waals surface area contributed by atoms with Crippen molar-refractivity contribution in [1.29, 1.82) is 0 Å². The molecule has 1 N–H and O–H groups in total. The third-order valence-corrected chi connectivity index (χ3v) is 5.14. The molecule has 108 valence electrons. The number of halogens is 3. The third kappa shape index (κ3) is 3.11. The molecule has 0 amide bonds. The number of alkyl halides is 3. The molecule has 19 heavy (non-hydrogen) atoms. The summed E-state index contributed by atoms with van der Waals surface area (Å²) >= 11 is 0.766. The molecule has 2 nitrogen and oxygen atoms in total. The van der Waals surface area contributed by atoms with Crippen LogP contribution < -0.4 is 5.32 Å². The molecule has 1 heterocycles. The zero-order valence-electron chi connectivity index (χ0n) is 11.2. The van der Waals surface area contributed by atoms with E-state index in [1.54, 1.807) is 0 Å². The number of aromatic nitrogens is 1. The van der Waals surface area contributed by atoms with Crippen molar-refractivity contribution in [3.63, 3.8) is 0 Å². The second-order valence-electron chi connectivity index (χ2n) is 5.50. The highest BCUT2D eigenvalue weighted by Gasteiger charge is 2.39. The molecule has 0 aromatic carbocycles. The standard InChI is InChI=1S/C13H19F3N2S/c1-12(6-4-3-5-7-12)10(17-2)9-8-18-11(19-9)13(14,15)16/h8,10,17H,3-7H2,1-2H3. The van der Waals surface area contributed by atoms with Crippen molar-refractivity contribution in [1.82, 2.24) is 10.3 Å². The molecular formula is C13H19F3N2S. The van der Waals surface area contributed by atoms with Crippen molar-refractivity contribution in [3.05, 3.63) is 16.1 Å². The van der Waals surface area contributed by atoms with Crippen LogP contribution in [0.1, 0.15) is 55.0 Å². The predicted molar refractivity (Wildman–Crippen MR) is 70.1 cm³/mol. The zero-order valence-corrected chi connectivity index (χ0v) is 12.0. The molecule has 0 bridgehead atoms. The molecule has 2 rings (SSSR count). The molecule has 1 fully saturated rings. The van der Waals surface area contributed by atoms with Crippen molar-refractivity contribution in [3.8, 4) is 0 Å². The smallest absolute Gasteiger partial charge is 0.312 e. The van der Waals surface area contributed by atoms with Gasteiger partial charge in [-0.3, -0.25) is 0 Å². The SMILES string of the molecule is CNC(c1cnc(C(F)(F)F)s1)C1(C)CCCCC1. The van der Waals surface area contributed by atoms with Crippen LogP contribution in [0.25, 0.3) is 0 Å². The minimum absolute atomic E-state index is 0.0302. The first-order valence-electron chi connectivity index (χ1n) is 6.57. The fraction of sp³-hybridized carbons (Fsp3) is 0.769. The summed E-state index contributed by atoms with van der Waals surface area (Å²) in [4.78, 5) is 4.23. The van der Waals surface area contributed by atoms with E-state index in [9.17, 15) is 13.2 Å². The minimum Gasteiger partial charge on any atom is -0.312 e. The van der Waals surface area contributed by atoms with Gasteiger partial charge in [-0.2, -0.15) is 13.2 Å². The molecule has 0 saturated heterocycles. The molecule has 6 heteroatoms. The van der Waals surface area contributed by atoms with Crippen LogP contribution in [0.3, 0.4) is 0 Å². The minimum atomic E-state index is -4.34. The maximum atomic E-state index is 12.6. The van der Waals surface area contributed by atoms with Gasteiger partial charge < -0.3 is 5.32 Å². The second-order valence-corrected chi connectivity index (χ2v) is 6.56. The lowest BCUT2D eigenvalue weighted by Gasteiger charge is -2.40. The fourth-order valence-corrected chi connectivity index (χ4v) is 4.10. The van der Waals surface area contributed by atoms with Gasteiger partial charge >= 0.3 is 6.18 Å².